The van der Waals surface area contributed by atoms with E-state index in [0.29, 0.717) is 17.7 Å². The molecule has 0 fully saturated rings. The van der Waals surface area contributed by atoms with Gasteiger partial charge in [-0.1, -0.05) is 36.8 Å². The van der Waals surface area contributed by atoms with Gasteiger partial charge in [0, 0.05) is 5.69 Å². The molecule has 0 aliphatic rings. The number of benzene rings is 2. The van der Waals surface area contributed by atoms with Gasteiger partial charge in [0.05, 0.1) is 17.4 Å². The Morgan fingerprint density at radius 2 is 1.82 bits per heavy atom. The lowest BCUT2D eigenvalue weighted by atomic mass is 10.1. The van der Waals surface area contributed by atoms with Crippen molar-refractivity contribution >= 4 is 15.7 Å². The molecule has 0 saturated carbocycles. The van der Waals surface area contributed by atoms with E-state index in [0.717, 1.165) is 16.7 Å². The Balaban J connectivity index is 2.18. The number of nitriles is 1. The second kappa shape index (κ2) is 6.63. The molecule has 5 heteroatoms. The molecule has 0 aliphatic carbocycles. The van der Waals surface area contributed by atoms with Crippen LogP contribution in [0.4, 0.5) is 5.69 Å². The Labute approximate surface area is 131 Å². The average molecular weight is 314 g/mol. The van der Waals surface area contributed by atoms with Crippen LogP contribution in [-0.4, -0.2) is 8.42 Å². The van der Waals surface area contributed by atoms with Crippen LogP contribution in [0.15, 0.2) is 42.5 Å². The van der Waals surface area contributed by atoms with Crippen molar-refractivity contribution in [3.63, 3.8) is 0 Å². The molecule has 2 rings (SSSR count). The van der Waals surface area contributed by atoms with Crippen LogP contribution in [0, 0.1) is 18.3 Å². The van der Waals surface area contributed by atoms with Crippen LogP contribution in [0.3, 0.4) is 0 Å². The minimum Gasteiger partial charge on any atom is -0.283 e. The van der Waals surface area contributed by atoms with Crippen LogP contribution in [0.2, 0.25) is 0 Å². The quantitative estimate of drug-likeness (QED) is 0.920. The minimum absolute atomic E-state index is 0.0747. The fraction of sp³-hybridized carbons (Fsp3) is 0.235. The molecule has 2 aromatic rings. The van der Waals surface area contributed by atoms with Gasteiger partial charge >= 0.3 is 0 Å². The first kappa shape index (κ1) is 16.1. The number of nitrogens with zero attached hydrogens (tertiary/aromatic N) is 1. The molecule has 0 radical (unpaired) electrons. The van der Waals surface area contributed by atoms with E-state index in [1.165, 1.54) is 0 Å². The summed E-state index contributed by atoms with van der Waals surface area (Å²) >= 11 is 0. The highest BCUT2D eigenvalue weighted by atomic mass is 32.2. The molecule has 22 heavy (non-hydrogen) atoms. The van der Waals surface area contributed by atoms with Gasteiger partial charge in [-0.15, -0.1) is 0 Å². The molecule has 0 bridgehead atoms. The van der Waals surface area contributed by atoms with Gasteiger partial charge in [0.25, 0.3) is 0 Å². The van der Waals surface area contributed by atoms with Crippen molar-refractivity contribution in [1.82, 2.24) is 0 Å². The highest BCUT2D eigenvalue weighted by Crippen LogP contribution is 2.18. The molecule has 0 aliphatic heterocycles. The highest BCUT2D eigenvalue weighted by molar-refractivity contribution is 7.91. The van der Waals surface area contributed by atoms with E-state index >= 15 is 0 Å². The van der Waals surface area contributed by atoms with Crippen molar-refractivity contribution in [2.75, 3.05) is 4.72 Å². The molecule has 114 valence electrons. The third kappa shape index (κ3) is 4.09. The second-order valence-electron chi connectivity index (χ2n) is 5.18. The molecule has 0 aromatic heterocycles. The molecule has 0 saturated heterocycles. The van der Waals surface area contributed by atoms with Crippen LogP contribution < -0.4 is 4.72 Å². The normalized spacial score (nSPS) is 11.0. The predicted octanol–water partition coefficient (Wildman–Crippen LogP) is 3.37. The van der Waals surface area contributed by atoms with Crippen molar-refractivity contribution in [2.45, 2.75) is 26.0 Å². The van der Waals surface area contributed by atoms with E-state index in [-0.39, 0.29) is 5.75 Å². The van der Waals surface area contributed by atoms with Gasteiger partial charge in [-0.3, -0.25) is 4.72 Å². The fourth-order valence-electron chi connectivity index (χ4n) is 2.18. The Bertz CT molecular complexity index is 804. The summed E-state index contributed by atoms with van der Waals surface area (Å²) in [6.07, 6.45) is 0.677. The summed E-state index contributed by atoms with van der Waals surface area (Å²) in [4.78, 5) is 0. The zero-order valence-corrected chi connectivity index (χ0v) is 13.4. The summed E-state index contributed by atoms with van der Waals surface area (Å²) in [6, 6.07) is 14.5. The van der Waals surface area contributed by atoms with Gasteiger partial charge in [-0.05, 0) is 42.7 Å². The van der Waals surface area contributed by atoms with Gasteiger partial charge in [0.1, 0.15) is 0 Å². The topological polar surface area (TPSA) is 70.0 Å². The lowest BCUT2D eigenvalue weighted by Gasteiger charge is -2.10. The van der Waals surface area contributed by atoms with E-state index < -0.39 is 10.0 Å². The van der Waals surface area contributed by atoms with Gasteiger partial charge in [-0.2, -0.15) is 5.26 Å². The van der Waals surface area contributed by atoms with Crippen LogP contribution in [0.5, 0.6) is 0 Å². The Hall–Kier alpha value is -2.32. The zero-order chi connectivity index (χ0) is 16.2. The van der Waals surface area contributed by atoms with E-state index in [4.69, 9.17) is 5.26 Å². The summed E-state index contributed by atoms with van der Waals surface area (Å²) in [5, 5.41) is 9.00. The lowest BCUT2D eigenvalue weighted by molar-refractivity contribution is 0.600. The molecule has 0 amide bonds. The molecule has 0 atom stereocenters. The zero-order valence-electron chi connectivity index (χ0n) is 12.6. The van der Waals surface area contributed by atoms with Crippen molar-refractivity contribution < 1.29 is 8.42 Å². The maximum Gasteiger partial charge on any atom is 0.236 e. The standard InChI is InChI=1S/C17H18N2O2S/c1-3-15-10-17(9-8-16(15)11-18)19-22(20,21)12-14-6-4-13(2)5-7-14/h4-10,19H,3,12H2,1-2H3. The molecule has 4 nitrogen and oxygen atoms in total. The molecule has 2 aromatic carbocycles. The van der Waals surface area contributed by atoms with E-state index in [1.54, 1.807) is 18.2 Å². The first-order valence-electron chi connectivity index (χ1n) is 7.02. The minimum atomic E-state index is -3.48. The first-order chi connectivity index (χ1) is 10.4. The fourth-order valence-corrected chi connectivity index (χ4v) is 3.37. The third-order valence-corrected chi connectivity index (χ3v) is 4.62. The van der Waals surface area contributed by atoms with E-state index in [1.807, 2.05) is 38.1 Å². The number of aryl methyl sites for hydroxylation is 2. The molecule has 0 spiro atoms. The molecule has 0 heterocycles. The summed E-state index contributed by atoms with van der Waals surface area (Å²) in [5.41, 5.74) is 3.72. The Morgan fingerprint density at radius 3 is 2.41 bits per heavy atom. The summed E-state index contributed by atoms with van der Waals surface area (Å²) < 4.78 is 27.0. The first-order valence-corrected chi connectivity index (χ1v) is 8.68. The number of rotatable bonds is 5. The molecular formula is C17H18N2O2S. The molecule has 1 N–H and O–H groups in total. The number of sulfonamides is 1. The van der Waals surface area contributed by atoms with Gasteiger partial charge in [0.15, 0.2) is 0 Å². The van der Waals surface area contributed by atoms with Crippen LogP contribution in [0.1, 0.15) is 29.2 Å². The van der Waals surface area contributed by atoms with Crippen molar-refractivity contribution in [1.29, 1.82) is 5.26 Å². The third-order valence-electron chi connectivity index (χ3n) is 3.36. The maximum absolute atomic E-state index is 12.2. The van der Waals surface area contributed by atoms with Crippen molar-refractivity contribution in [3.8, 4) is 6.07 Å². The van der Waals surface area contributed by atoms with Crippen LogP contribution >= 0.6 is 0 Å². The number of hydrogen-bond acceptors (Lipinski definition) is 3. The van der Waals surface area contributed by atoms with Crippen LogP contribution in [-0.2, 0) is 22.2 Å². The lowest BCUT2D eigenvalue weighted by Crippen LogP contribution is -2.15. The summed E-state index contributed by atoms with van der Waals surface area (Å²) in [7, 11) is -3.48. The smallest absolute Gasteiger partial charge is 0.236 e. The maximum atomic E-state index is 12.2. The monoisotopic (exact) mass is 314 g/mol. The van der Waals surface area contributed by atoms with E-state index in [9.17, 15) is 8.42 Å². The Kier molecular flexibility index (Phi) is 4.84. The van der Waals surface area contributed by atoms with Crippen molar-refractivity contribution in [3.05, 3.63) is 64.7 Å². The second-order valence-corrected chi connectivity index (χ2v) is 6.91. The van der Waals surface area contributed by atoms with Gasteiger partial charge in [0.2, 0.25) is 10.0 Å². The summed E-state index contributed by atoms with van der Waals surface area (Å²) in [5.74, 6) is -0.0747. The SMILES string of the molecule is CCc1cc(NS(=O)(=O)Cc2ccc(C)cc2)ccc1C#N. The average Bonchev–Trinajstić information content (AvgIpc) is 2.48. The summed E-state index contributed by atoms with van der Waals surface area (Å²) in [6.45, 7) is 3.89. The molecular weight excluding hydrogens is 296 g/mol. The van der Waals surface area contributed by atoms with E-state index in [2.05, 4.69) is 10.8 Å². The van der Waals surface area contributed by atoms with Crippen LogP contribution in [0.25, 0.3) is 0 Å². The Morgan fingerprint density at radius 1 is 1.14 bits per heavy atom. The number of nitrogens with one attached hydrogen (secondary N) is 1. The van der Waals surface area contributed by atoms with Gasteiger partial charge in [-0.25, -0.2) is 8.42 Å². The number of hydrogen-bond donors (Lipinski definition) is 1. The van der Waals surface area contributed by atoms with Crippen molar-refractivity contribution in [2.24, 2.45) is 0 Å². The molecule has 0 unspecified atom stereocenters. The van der Waals surface area contributed by atoms with Gasteiger partial charge < -0.3 is 0 Å². The predicted molar refractivity (Wildman–Crippen MR) is 88.0 cm³/mol. The highest BCUT2D eigenvalue weighted by Gasteiger charge is 2.12. The number of anilines is 1. The largest absolute Gasteiger partial charge is 0.283 e.